The molecule has 1 amide bonds. The summed E-state index contributed by atoms with van der Waals surface area (Å²) in [7, 11) is 0. The van der Waals surface area contributed by atoms with Gasteiger partial charge in [0.2, 0.25) is 5.91 Å². The van der Waals surface area contributed by atoms with Crippen LogP contribution in [0.15, 0.2) is 24.3 Å². The van der Waals surface area contributed by atoms with Crippen LogP contribution in [0.4, 0.5) is 5.69 Å². The zero-order chi connectivity index (χ0) is 20.2. The topological polar surface area (TPSA) is 40.6 Å². The van der Waals surface area contributed by atoms with Crippen molar-refractivity contribution in [1.82, 2.24) is 4.90 Å². The summed E-state index contributed by atoms with van der Waals surface area (Å²) in [6.45, 7) is 13.3. The molecule has 152 valence electrons. The minimum absolute atomic E-state index is 0.0257. The fourth-order valence-corrected chi connectivity index (χ4v) is 3.25. The lowest BCUT2D eigenvalue weighted by atomic mass is 10.0. The monoisotopic (exact) mass is 374 g/mol. The number of hydrogen-bond donors (Lipinski definition) is 0. The lowest BCUT2D eigenvalue weighted by molar-refractivity contribution is -0.131. The van der Waals surface area contributed by atoms with E-state index in [4.69, 9.17) is 0 Å². The standard InChI is InChI=1S/C21H32N2O2.C2H6/c1-4-5-6-7-8-20(24)23-15-13-22(14-16-23)19-11-9-18(10-12-19)21(25)17(2)3;1-2/h9-12,17H,4-8,13-16H2,1-3H3;1-2H3. The number of benzene rings is 1. The van der Waals surface area contributed by atoms with Gasteiger partial charge in [0.1, 0.15) is 0 Å². The lowest BCUT2D eigenvalue weighted by Crippen LogP contribution is -2.48. The van der Waals surface area contributed by atoms with E-state index < -0.39 is 0 Å². The van der Waals surface area contributed by atoms with Gasteiger partial charge in [-0.25, -0.2) is 0 Å². The molecule has 0 unspecified atom stereocenters. The van der Waals surface area contributed by atoms with Crippen molar-refractivity contribution in [3.05, 3.63) is 29.8 Å². The third-order valence-corrected chi connectivity index (χ3v) is 4.92. The van der Waals surface area contributed by atoms with Crippen molar-refractivity contribution in [1.29, 1.82) is 0 Å². The number of nitrogens with zero attached hydrogens (tertiary/aromatic N) is 2. The maximum absolute atomic E-state index is 12.3. The van der Waals surface area contributed by atoms with Crippen molar-refractivity contribution in [3.63, 3.8) is 0 Å². The zero-order valence-electron chi connectivity index (χ0n) is 18.0. The highest BCUT2D eigenvalue weighted by molar-refractivity contribution is 5.97. The van der Waals surface area contributed by atoms with Gasteiger partial charge in [0.25, 0.3) is 0 Å². The van der Waals surface area contributed by atoms with Gasteiger partial charge in [-0.05, 0) is 30.7 Å². The Morgan fingerprint density at radius 2 is 1.52 bits per heavy atom. The summed E-state index contributed by atoms with van der Waals surface area (Å²) in [6.07, 6.45) is 5.28. The van der Waals surface area contributed by atoms with Gasteiger partial charge < -0.3 is 9.80 Å². The number of carbonyl (C=O) groups is 2. The van der Waals surface area contributed by atoms with E-state index >= 15 is 0 Å². The largest absolute Gasteiger partial charge is 0.368 e. The second-order valence-corrected chi connectivity index (χ2v) is 7.24. The van der Waals surface area contributed by atoms with Crippen LogP contribution in [0.1, 0.15) is 77.1 Å². The average Bonchev–Trinajstić information content (AvgIpc) is 2.72. The molecular weight excluding hydrogens is 336 g/mol. The molecule has 1 fully saturated rings. The Balaban J connectivity index is 0.00000176. The molecule has 0 bridgehead atoms. The Kier molecular flexibility index (Phi) is 10.8. The fraction of sp³-hybridized carbons (Fsp3) is 0.652. The maximum atomic E-state index is 12.3. The van der Waals surface area contributed by atoms with Gasteiger partial charge in [0.05, 0.1) is 0 Å². The third-order valence-electron chi connectivity index (χ3n) is 4.92. The molecule has 0 spiro atoms. The Hall–Kier alpha value is -1.84. The first-order valence-corrected chi connectivity index (χ1v) is 10.7. The van der Waals surface area contributed by atoms with Gasteiger partial charge in [-0.2, -0.15) is 0 Å². The number of hydrogen-bond acceptors (Lipinski definition) is 3. The van der Waals surface area contributed by atoms with Crippen LogP contribution < -0.4 is 4.90 Å². The summed E-state index contributed by atoms with van der Waals surface area (Å²) in [5, 5.41) is 0. The maximum Gasteiger partial charge on any atom is 0.222 e. The van der Waals surface area contributed by atoms with E-state index in [-0.39, 0.29) is 11.7 Å². The van der Waals surface area contributed by atoms with Crippen LogP contribution in [0, 0.1) is 5.92 Å². The number of rotatable bonds is 8. The van der Waals surface area contributed by atoms with E-state index in [0.717, 1.165) is 50.3 Å². The van der Waals surface area contributed by atoms with Crippen LogP contribution >= 0.6 is 0 Å². The van der Waals surface area contributed by atoms with Gasteiger partial charge in [-0.3, -0.25) is 9.59 Å². The predicted octanol–water partition coefficient (Wildman–Crippen LogP) is 5.17. The van der Waals surface area contributed by atoms with Crippen molar-refractivity contribution in [3.8, 4) is 0 Å². The van der Waals surface area contributed by atoms with Crippen molar-refractivity contribution in [2.45, 2.75) is 66.7 Å². The Labute approximate surface area is 165 Å². The summed E-state index contributed by atoms with van der Waals surface area (Å²) in [4.78, 5) is 28.6. The number of ketones is 1. The summed E-state index contributed by atoms with van der Waals surface area (Å²) in [5.41, 5.74) is 1.91. The SMILES string of the molecule is CC.CCCCCCC(=O)N1CCN(c2ccc(C(=O)C(C)C)cc2)CC1. The summed E-state index contributed by atoms with van der Waals surface area (Å²) >= 11 is 0. The number of unbranched alkanes of at least 4 members (excludes halogenated alkanes) is 3. The molecule has 0 aliphatic carbocycles. The molecule has 1 aromatic rings. The second-order valence-electron chi connectivity index (χ2n) is 7.24. The summed E-state index contributed by atoms with van der Waals surface area (Å²) < 4.78 is 0. The van der Waals surface area contributed by atoms with Gasteiger partial charge in [-0.1, -0.05) is 53.9 Å². The highest BCUT2D eigenvalue weighted by atomic mass is 16.2. The van der Waals surface area contributed by atoms with Gasteiger partial charge in [0.15, 0.2) is 5.78 Å². The first-order valence-electron chi connectivity index (χ1n) is 10.7. The minimum atomic E-state index is 0.0257. The molecule has 1 aliphatic heterocycles. The number of Topliss-reactive ketones (excluding diaryl/α,β-unsaturated/α-hetero) is 1. The molecule has 2 rings (SSSR count). The molecule has 0 saturated carbocycles. The molecule has 4 nitrogen and oxygen atoms in total. The average molecular weight is 375 g/mol. The first-order chi connectivity index (χ1) is 13.0. The first kappa shape index (κ1) is 23.2. The highest BCUT2D eigenvalue weighted by Crippen LogP contribution is 2.19. The normalized spacial score (nSPS) is 14.0. The molecule has 0 N–H and O–H groups in total. The molecule has 1 aliphatic rings. The van der Waals surface area contributed by atoms with Crippen molar-refractivity contribution in [2.24, 2.45) is 5.92 Å². The second kappa shape index (κ2) is 12.5. The molecule has 0 aromatic heterocycles. The number of anilines is 1. The summed E-state index contributed by atoms with van der Waals surface area (Å²) in [6, 6.07) is 7.89. The van der Waals surface area contributed by atoms with E-state index in [1.807, 2.05) is 56.9 Å². The zero-order valence-corrected chi connectivity index (χ0v) is 18.0. The highest BCUT2D eigenvalue weighted by Gasteiger charge is 2.21. The number of piperazine rings is 1. The molecule has 1 aromatic carbocycles. The van der Waals surface area contributed by atoms with Crippen LogP contribution in [0.5, 0.6) is 0 Å². The Morgan fingerprint density at radius 1 is 0.926 bits per heavy atom. The van der Waals surface area contributed by atoms with E-state index in [2.05, 4.69) is 11.8 Å². The van der Waals surface area contributed by atoms with E-state index in [0.29, 0.717) is 12.3 Å². The molecular formula is C23H38N2O2. The molecule has 1 heterocycles. The van der Waals surface area contributed by atoms with E-state index in [1.54, 1.807) is 0 Å². The third kappa shape index (κ3) is 7.36. The molecule has 0 radical (unpaired) electrons. The van der Waals surface area contributed by atoms with Crippen LogP contribution in [-0.4, -0.2) is 42.8 Å². The van der Waals surface area contributed by atoms with Crippen LogP contribution in [0.25, 0.3) is 0 Å². The number of carbonyl (C=O) groups excluding carboxylic acids is 2. The van der Waals surface area contributed by atoms with Crippen molar-refractivity contribution < 1.29 is 9.59 Å². The summed E-state index contributed by atoms with van der Waals surface area (Å²) in [5.74, 6) is 0.511. The van der Waals surface area contributed by atoms with Crippen LogP contribution in [-0.2, 0) is 4.79 Å². The van der Waals surface area contributed by atoms with Gasteiger partial charge in [-0.15, -0.1) is 0 Å². The Morgan fingerprint density at radius 3 is 2.04 bits per heavy atom. The Bertz CT molecular complexity index is 558. The van der Waals surface area contributed by atoms with E-state index in [1.165, 1.54) is 12.8 Å². The van der Waals surface area contributed by atoms with Gasteiger partial charge >= 0.3 is 0 Å². The predicted molar refractivity (Wildman–Crippen MR) is 115 cm³/mol. The molecule has 1 saturated heterocycles. The minimum Gasteiger partial charge on any atom is -0.368 e. The molecule has 4 heteroatoms. The van der Waals surface area contributed by atoms with Crippen molar-refractivity contribution in [2.75, 3.05) is 31.1 Å². The quantitative estimate of drug-likeness (QED) is 0.465. The van der Waals surface area contributed by atoms with Crippen molar-refractivity contribution >= 4 is 17.4 Å². The molecule has 0 atom stereocenters. The lowest BCUT2D eigenvalue weighted by Gasteiger charge is -2.36. The van der Waals surface area contributed by atoms with Crippen LogP contribution in [0.2, 0.25) is 0 Å². The molecule has 27 heavy (non-hydrogen) atoms. The smallest absolute Gasteiger partial charge is 0.222 e. The van der Waals surface area contributed by atoms with Crippen LogP contribution in [0.3, 0.4) is 0 Å². The van der Waals surface area contributed by atoms with Gasteiger partial charge in [0, 0.05) is 49.8 Å². The fourth-order valence-electron chi connectivity index (χ4n) is 3.25. The van der Waals surface area contributed by atoms with E-state index in [9.17, 15) is 9.59 Å². The number of amides is 1.